The first-order chi connectivity index (χ1) is 14.0. The number of amides is 1. The van der Waals surface area contributed by atoms with E-state index < -0.39 is 16.1 Å². The monoisotopic (exact) mass is 444 g/mol. The molecule has 1 aromatic rings. The number of hydrogen-bond acceptors (Lipinski definition) is 6. The lowest BCUT2D eigenvalue weighted by atomic mass is 10.1. The van der Waals surface area contributed by atoms with Crippen molar-refractivity contribution in [3.8, 4) is 5.75 Å². The summed E-state index contributed by atoms with van der Waals surface area (Å²) in [5.74, 6) is 0.436. The van der Waals surface area contributed by atoms with Gasteiger partial charge in [0.05, 0.1) is 24.7 Å². The second-order valence-corrected chi connectivity index (χ2v) is 9.24. The zero-order valence-electron chi connectivity index (χ0n) is 18.9. The number of rotatable bonds is 13. The van der Waals surface area contributed by atoms with Crippen LogP contribution in [0.1, 0.15) is 44.2 Å². The summed E-state index contributed by atoms with van der Waals surface area (Å²) in [7, 11) is -0.445. The zero-order valence-corrected chi connectivity index (χ0v) is 19.7. The van der Waals surface area contributed by atoms with Crippen molar-refractivity contribution in [2.75, 3.05) is 33.9 Å². The highest BCUT2D eigenvalue weighted by Gasteiger charge is 2.21. The largest absolute Gasteiger partial charge is 0.497 e. The van der Waals surface area contributed by atoms with Gasteiger partial charge in [-0.1, -0.05) is 6.92 Å². The van der Waals surface area contributed by atoms with Crippen LogP contribution in [0.3, 0.4) is 0 Å². The van der Waals surface area contributed by atoms with Crippen LogP contribution in [-0.4, -0.2) is 70.4 Å². The Bertz CT molecular complexity index is 772. The molecule has 8 nitrogen and oxygen atoms in total. The van der Waals surface area contributed by atoms with E-state index in [1.54, 1.807) is 44.9 Å². The van der Waals surface area contributed by atoms with Gasteiger partial charge in [-0.05, 0) is 63.3 Å². The smallest absolute Gasteiger partial charge is 0.248 e. The Hall–Kier alpha value is -1.68. The number of carbonyl (C=O) groups is 1. The van der Waals surface area contributed by atoms with Gasteiger partial charge in [0, 0.05) is 19.6 Å². The normalized spacial score (nSPS) is 13.7. The molecule has 30 heavy (non-hydrogen) atoms. The number of sulfonamides is 1. The lowest BCUT2D eigenvalue weighted by Crippen LogP contribution is -2.39. The van der Waals surface area contributed by atoms with Gasteiger partial charge >= 0.3 is 0 Å². The molecule has 0 bridgehead atoms. The van der Waals surface area contributed by atoms with Crippen LogP contribution in [0.5, 0.6) is 5.75 Å². The van der Waals surface area contributed by atoms with Crippen LogP contribution in [0.15, 0.2) is 17.0 Å². The molecule has 0 aliphatic carbocycles. The zero-order chi connectivity index (χ0) is 22.9. The van der Waals surface area contributed by atoms with E-state index in [0.717, 1.165) is 12.8 Å². The van der Waals surface area contributed by atoms with Gasteiger partial charge in [-0.3, -0.25) is 4.79 Å². The molecule has 0 fully saturated rings. The summed E-state index contributed by atoms with van der Waals surface area (Å²) in [6, 6.07) is 3.39. The van der Waals surface area contributed by atoms with E-state index in [1.165, 1.54) is 7.11 Å². The Morgan fingerprint density at radius 3 is 2.33 bits per heavy atom. The molecule has 0 aliphatic heterocycles. The first kappa shape index (κ1) is 26.4. The number of aryl methyl sites for hydroxylation is 2. The fraction of sp³-hybridized carbons (Fsp3) is 0.667. The van der Waals surface area contributed by atoms with Crippen molar-refractivity contribution < 1.29 is 27.8 Å². The van der Waals surface area contributed by atoms with Crippen molar-refractivity contribution in [1.82, 2.24) is 9.62 Å². The molecule has 0 saturated carbocycles. The summed E-state index contributed by atoms with van der Waals surface area (Å²) >= 11 is 0. The molecule has 9 heteroatoms. The second-order valence-electron chi connectivity index (χ2n) is 7.53. The Labute approximate surface area is 180 Å². The number of likely N-dealkylation sites (N-methyl/N-ethyl adjacent to an activating group) is 1. The van der Waals surface area contributed by atoms with Crippen LogP contribution >= 0.6 is 0 Å². The van der Waals surface area contributed by atoms with E-state index in [1.807, 2.05) is 6.92 Å². The van der Waals surface area contributed by atoms with Crippen molar-refractivity contribution >= 4 is 15.9 Å². The third-order valence-corrected chi connectivity index (χ3v) is 6.80. The minimum absolute atomic E-state index is 0.0372. The van der Waals surface area contributed by atoms with Gasteiger partial charge < -0.3 is 19.5 Å². The van der Waals surface area contributed by atoms with Gasteiger partial charge in [-0.2, -0.15) is 0 Å². The van der Waals surface area contributed by atoms with Crippen molar-refractivity contribution in [2.24, 2.45) is 0 Å². The molecule has 1 unspecified atom stereocenters. The number of nitrogens with zero attached hydrogens (tertiary/aromatic N) is 1. The number of aliphatic hydroxyl groups is 1. The molecular weight excluding hydrogens is 408 g/mol. The number of benzene rings is 1. The molecule has 0 aromatic heterocycles. The predicted octanol–water partition coefficient (Wildman–Crippen LogP) is 2.00. The number of carbonyl (C=O) groups excluding carboxylic acids is 1. The SMILES string of the molecule is CCC(CC[C@@H](C)O)N(C)C(=O)COCCNS(=O)(=O)c1c(C)cc(OC)cc1C. The Kier molecular flexibility index (Phi) is 10.8. The quantitative estimate of drug-likeness (QED) is 0.451. The van der Waals surface area contributed by atoms with E-state index in [-0.39, 0.29) is 36.6 Å². The minimum atomic E-state index is -3.70. The summed E-state index contributed by atoms with van der Waals surface area (Å²) in [5, 5.41) is 9.44. The number of nitrogens with one attached hydrogen (secondary N) is 1. The van der Waals surface area contributed by atoms with Gasteiger partial charge in [0.2, 0.25) is 15.9 Å². The van der Waals surface area contributed by atoms with Crippen molar-refractivity contribution in [3.63, 3.8) is 0 Å². The summed E-state index contributed by atoms with van der Waals surface area (Å²) in [4.78, 5) is 14.2. The molecule has 0 saturated heterocycles. The van der Waals surface area contributed by atoms with E-state index in [4.69, 9.17) is 9.47 Å². The molecule has 172 valence electrons. The van der Waals surface area contributed by atoms with Gasteiger partial charge in [-0.15, -0.1) is 0 Å². The van der Waals surface area contributed by atoms with Crippen molar-refractivity contribution in [1.29, 1.82) is 0 Å². The third kappa shape index (κ3) is 7.86. The maximum atomic E-state index is 12.6. The first-order valence-electron chi connectivity index (χ1n) is 10.2. The summed E-state index contributed by atoms with van der Waals surface area (Å²) in [5.41, 5.74) is 1.19. The average Bonchev–Trinajstić information content (AvgIpc) is 2.66. The van der Waals surface area contributed by atoms with E-state index >= 15 is 0 Å². The Morgan fingerprint density at radius 2 is 1.83 bits per heavy atom. The van der Waals surface area contributed by atoms with E-state index in [0.29, 0.717) is 23.3 Å². The van der Waals surface area contributed by atoms with E-state index in [2.05, 4.69) is 4.72 Å². The molecule has 2 atom stereocenters. The molecule has 0 aliphatic rings. The van der Waals surface area contributed by atoms with Crippen LogP contribution in [0.2, 0.25) is 0 Å². The first-order valence-corrected chi connectivity index (χ1v) is 11.7. The summed E-state index contributed by atoms with van der Waals surface area (Å²) in [6.07, 6.45) is 1.74. The highest BCUT2D eigenvalue weighted by molar-refractivity contribution is 7.89. The van der Waals surface area contributed by atoms with Crippen LogP contribution < -0.4 is 9.46 Å². The van der Waals surface area contributed by atoms with Crippen LogP contribution in [0.25, 0.3) is 0 Å². The van der Waals surface area contributed by atoms with Crippen molar-refractivity contribution in [2.45, 2.75) is 64.0 Å². The fourth-order valence-electron chi connectivity index (χ4n) is 3.34. The molecule has 0 spiro atoms. The van der Waals surface area contributed by atoms with Gasteiger partial charge in [0.25, 0.3) is 0 Å². The lowest BCUT2D eigenvalue weighted by molar-refractivity contribution is -0.137. The molecule has 0 heterocycles. The second kappa shape index (κ2) is 12.2. The number of hydrogen-bond donors (Lipinski definition) is 2. The lowest BCUT2D eigenvalue weighted by Gasteiger charge is -2.27. The third-order valence-electron chi connectivity index (χ3n) is 5.03. The van der Waals surface area contributed by atoms with Crippen LogP contribution in [-0.2, 0) is 19.6 Å². The molecule has 1 rings (SSSR count). The highest BCUT2D eigenvalue weighted by atomic mass is 32.2. The Morgan fingerprint density at radius 1 is 1.23 bits per heavy atom. The molecule has 1 aromatic carbocycles. The number of ether oxygens (including phenoxy) is 2. The van der Waals surface area contributed by atoms with E-state index in [9.17, 15) is 18.3 Å². The Balaban J connectivity index is 2.52. The topological polar surface area (TPSA) is 105 Å². The minimum Gasteiger partial charge on any atom is -0.497 e. The summed E-state index contributed by atoms with van der Waals surface area (Å²) < 4.78 is 38.3. The van der Waals surface area contributed by atoms with Crippen LogP contribution in [0, 0.1) is 13.8 Å². The molecule has 0 radical (unpaired) electrons. The summed E-state index contributed by atoms with van der Waals surface area (Å²) in [6.45, 7) is 7.18. The van der Waals surface area contributed by atoms with Crippen LogP contribution in [0.4, 0.5) is 0 Å². The number of methoxy groups -OCH3 is 1. The standard InChI is InChI=1S/C21H36N2O6S/c1-7-18(9-8-17(4)24)23(5)20(25)14-29-11-10-22-30(26,27)21-15(2)12-19(28-6)13-16(21)3/h12-13,17-18,22,24H,7-11,14H2,1-6H3/t17-,18?/m1/s1. The maximum Gasteiger partial charge on any atom is 0.248 e. The maximum absolute atomic E-state index is 12.6. The fourth-order valence-corrected chi connectivity index (χ4v) is 4.80. The average molecular weight is 445 g/mol. The molecule has 1 amide bonds. The predicted molar refractivity (Wildman–Crippen MR) is 116 cm³/mol. The van der Waals surface area contributed by atoms with Gasteiger partial charge in [-0.25, -0.2) is 13.1 Å². The number of aliphatic hydroxyl groups excluding tert-OH is 1. The molecule has 2 N–H and O–H groups in total. The molecular formula is C21H36N2O6S. The van der Waals surface area contributed by atoms with Gasteiger partial charge in [0.15, 0.2) is 0 Å². The highest BCUT2D eigenvalue weighted by Crippen LogP contribution is 2.25. The van der Waals surface area contributed by atoms with Crippen molar-refractivity contribution in [3.05, 3.63) is 23.3 Å². The van der Waals surface area contributed by atoms with Gasteiger partial charge in [0.1, 0.15) is 12.4 Å².